The standard InChI is InChI=1S/C19H22ClNO3/c1-12(2)15-6-4-5-7-17(15)24-11-13-10-14(20)8-9-16(13)19(3,23)18(21)22/h4-10,12,23H,11H2,1-3H3,(H2,21,22). The molecule has 0 aliphatic heterocycles. The molecule has 4 nitrogen and oxygen atoms in total. The number of hydrogen-bond acceptors (Lipinski definition) is 3. The number of ether oxygens (including phenoxy) is 1. The molecule has 24 heavy (non-hydrogen) atoms. The van der Waals surface area contributed by atoms with Crippen molar-refractivity contribution in [3.05, 3.63) is 64.2 Å². The number of aliphatic hydroxyl groups is 1. The minimum absolute atomic E-state index is 0.170. The second-order valence-electron chi connectivity index (χ2n) is 6.22. The number of amides is 1. The molecule has 0 heterocycles. The summed E-state index contributed by atoms with van der Waals surface area (Å²) < 4.78 is 5.93. The van der Waals surface area contributed by atoms with Gasteiger partial charge in [0.1, 0.15) is 12.4 Å². The van der Waals surface area contributed by atoms with E-state index in [9.17, 15) is 9.90 Å². The average molecular weight is 348 g/mol. The molecule has 0 fully saturated rings. The number of primary amides is 1. The van der Waals surface area contributed by atoms with Gasteiger partial charge in [0.2, 0.25) is 0 Å². The van der Waals surface area contributed by atoms with Crippen LogP contribution in [-0.2, 0) is 17.0 Å². The third-order valence-electron chi connectivity index (χ3n) is 4.00. The van der Waals surface area contributed by atoms with Gasteiger partial charge in [-0.15, -0.1) is 0 Å². The van der Waals surface area contributed by atoms with E-state index in [-0.39, 0.29) is 6.61 Å². The summed E-state index contributed by atoms with van der Waals surface area (Å²) in [6.07, 6.45) is 0. The molecule has 1 atom stereocenters. The monoisotopic (exact) mass is 347 g/mol. The Morgan fingerprint density at radius 3 is 2.58 bits per heavy atom. The number of nitrogens with two attached hydrogens (primary N) is 1. The van der Waals surface area contributed by atoms with Crippen molar-refractivity contribution in [3.8, 4) is 5.75 Å². The van der Waals surface area contributed by atoms with Crippen molar-refractivity contribution in [2.75, 3.05) is 0 Å². The molecule has 2 aromatic carbocycles. The fourth-order valence-electron chi connectivity index (χ4n) is 2.53. The zero-order valence-corrected chi connectivity index (χ0v) is 14.8. The zero-order valence-electron chi connectivity index (χ0n) is 14.0. The first-order chi connectivity index (χ1) is 11.2. The first-order valence-electron chi connectivity index (χ1n) is 7.76. The fraction of sp³-hybridized carbons (Fsp3) is 0.316. The van der Waals surface area contributed by atoms with Gasteiger partial charge in [-0.25, -0.2) is 0 Å². The van der Waals surface area contributed by atoms with E-state index in [1.807, 2.05) is 24.3 Å². The first-order valence-corrected chi connectivity index (χ1v) is 8.14. The van der Waals surface area contributed by atoms with E-state index >= 15 is 0 Å². The highest BCUT2D eigenvalue weighted by atomic mass is 35.5. The number of carbonyl (C=O) groups excluding carboxylic acids is 1. The summed E-state index contributed by atoms with van der Waals surface area (Å²) in [5, 5.41) is 10.9. The van der Waals surface area contributed by atoms with Crippen LogP contribution in [-0.4, -0.2) is 11.0 Å². The van der Waals surface area contributed by atoms with Gasteiger partial charge in [-0.3, -0.25) is 4.79 Å². The Balaban J connectivity index is 2.34. The summed E-state index contributed by atoms with van der Waals surface area (Å²) in [4.78, 5) is 11.6. The van der Waals surface area contributed by atoms with E-state index in [0.717, 1.165) is 11.3 Å². The van der Waals surface area contributed by atoms with Crippen molar-refractivity contribution in [1.82, 2.24) is 0 Å². The molecule has 2 aromatic rings. The van der Waals surface area contributed by atoms with E-state index < -0.39 is 11.5 Å². The van der Waals surface area contributed by atoms with Gasteiger partial charge >= 0.3 is 0 Å². The number of benzene rings is 2. The third-order valence-corrected chi connectivity index (χ3v) is 4.23. The Bertz CT molecular complexity index is 741. The lowest BCUT2D eigenvalue weighted by Gasteiger charge is -2.23. The van der Waals surface area contributed by atoms with Crippen LogP contribution in [0.4, 0.5) is 0 Å². The second-order valence-corrected chi connectivity index (χ2v) is 6.66. The molecule has 0 spiro atoms. The molecule has 5 heteroatoms. The predicted octanol–water partition coefficient (Wildman–Crippen LogP) is 3.74. The molecule has 2 rings (SSSR count). The van der Waals surface area contributed by atoms with Crippen LogP contribution in [0.1, 0.15) is 43.4 Å². The second kappa shape index (κ2) is 7.24. The molecule has 0 saturated heterocycles. The van der Waals surface area contributed by atoms with Crippen molar-refractivity contribution in [2.24, 2.45) is 5.73 Å². The maximum absolute atomic E-state index is 11.6. The van der Waals surface area contributed by atoms with Crippen LogP contribution >= 0.6 is 11.6 Å². The predicted molar refractivity (Wildman–Crippen MR) is 95.1 cm³/mol. The molecular formula is C19H22ClNO3. The first kappa shape index (κ1) is 18.3. The van der Waals surface area contributed by atoms with Crippen LogP contribution < -0.4 is 10.5 Å². The summed E-state index contributed by atoms with van der Waals surface area (Å²) in [5.41, 5.74) is 5.62. The van der Waals surface area contributed by atoms with E-state index in [0.29, 0.717) is 22.1 Å². The highest BCUT2D eigenvalue weighted by Crippen LogP contribution is 2.30. The Hall–Kier alpha value is -2.04. The molecule has 1 unspecified atom stereocenters. The van der Waals surface area contributed by atoms with Crippen LogP contribution in [0.5, 0.6) is 5.75 Å². The van der Waals surface area contributed by atoms with Crippen molar-refractivity contribution in [2.45, 2.75) is 38.9 Å². The van der Waals surface area contributed by atoms with Crippen molar-refractivity contribution >= 4 is 17.5 Å². The van der Waals surface area contributed by atoms with Crippen molar-refractivity contribution < 1.29 is 14.6 Å². The van der Waals surface area contributed by atoms with Crippen molar-refractivity contribution in [1.29, 1.82) is 0 Å². The van der Waals surface area contributed by atoms with E-state index in [1.54, 1.807) is 18.2 Å². The van der Waals surface area contributed by atoms with Gasteiger partial charge in [-0.2, -0.15) is 0 Å². The van der Waals surface area contributed by atoms with Crippen LogP contribution in [0.15, 0.2) is 42.5 Å². The van der Waals surface area contributed by atoms with Gasteiger partial charge in [-0.1, -0.05) is 49.7 Å². The molecule has 0 saturated carbocycles. The maximum Gasteiger partial charge on any atom is 0.253 e. The molecule has 0 radical (unpaired) electrons. The quantitative estimate of drug-likeness (QED) is 0.836. The van der Waals surface area contributed by atoms with E-state index in [4.69, 9.17) is 22.1 Å². The minimum atomic E-state index is -1.79. The molecular weight excluding hydrogens is 326 g/mol. The molecule has 128 valence electrons. The Kier molecular flexibility index (Phi) is 5.52. The van der Waals surface area contributed by atoms with Gasteiger partial charge in [0.05, 0.1) is 0 Å². The van der Waals surface area contributed by atoms with Gasteiger partial charge in [0.15, 0.2) is 5.60 Å². The summed E-state index contributed by atoms with van der Waals surface area (Å²) in [6.45, 7) is 5.71. The summed E-state index contributed by atoms with van der Waals surface area (Å²) >= 11 is 6.06. The summed E-state index contributed by atoms with van der Waals surface area (Å²) in [7, 11) is 0. The van der Waals surface area contributed by atoms with Crippen LogP contribution in [0, 0.1) is 0 Å². The summed E-state index contributed by atoms with van der Waals surface area (Å²) in [5.74, 6) is 0.250. The van der Waals surface area contributed by atoms with Gasteiger partial charge in [0, 0.05) is 5.02 Å². The number of hydrogen-bond donors (Lipinski definition) is 2. The molecule has 0 bridgehead atoms. The van der Waals surface area contributed by atoms with Crippen LogP contribution in [0.3, 0.4) is 0 Å². The topological polar surface area (TPSA) is 72.6 Å². The average Bonchev–Trinajstić information content (AvgIpc) is 2.52. The summed E-state index contributed by atoms with van der Waals surface area (Å²) in [6, 6.07) is 12.7. The van der Waals surface area contributed by atoms with Gasteiger partial charge in [0.25, 0.3) is 5.91 Å². The fourth-order valence-corrected chi connectivity index (χ4v) is 2.73. The lowest BCUT2D eigenvalue weighted by Crippen LogP contribution is -2.39. The molecule has 0 aliphatic rings. The van der Waals surface area contributed by atoms with E-state index in [1.165, 1.54) is 6.92 Å². The highest BCUT2D eigenvalue weighted by molar-refractivity contribution is 6.30. The SMILES string of the molecule is CC(C)c1ccccc1OCc1cc(Cl)ccc1C(C)(O)C(N)=O. The lowest BCUT2D eigenvalue weighted by molar-refractivity contribution is -0.135. The van der Waals surface area contributed by atoms with Crippen molar-refractivity contribution in [3.63, 3.8) is 0 Å². The Morgan fingerprint density at radius 2 is 1.96 bits per heavy atom. The van der Waals surface area contributed by atoms with Gasteiger partial charge in [-0.05, 0) is 47.7 Å². The molecule has 1 amide bonds. The normalized spacial score (nSPS) is 13.6. The number of halogens is 1. The molecule has 3 N–H and O–H groups in total. The maximum atomic E-state index is 11.6. The van der Waals surface area contributed by atoms with Crippen LogP contribution in [0.2, 0.25) is 5.02 Å². The Labute approximate surface area is 147 Å². The zero-order chi connectivity index (χ0) is 17.9. The smallest absolute Gasteiger partial charge is 0.253 e. The van der Waals surface area contributed by atoms with E-state index in [2.05, 4.69) is 13.8 Å². The number of rotatable bonds is 6. The van der Waals surface area contributed by atoms with Gasteiger partial charge < -0.3 is 15.6 Å². The minimum Gasteiger partial charge on any atom is -0.489 e. The lowest BCUT2D eigenvalue weighted by atomic mass is 9.91. The van der Waals surface area contributed by atoms with Crippen LogP contribution in [0.25, 0.3) is 0 Å². The Morgan fingerprint density at radius 1 is 1.29 bits per heavy atom. The molecule has 0 aliphatic carbocycles. The third kappa shape index (κ3) is 3.89. The highest BCUT2D eigenvalue weighted by Gasteiger charge is 2.32. The number of para-hydroxylation sites is 1. The number of carbonyl (C=O) groups is 1. The largest absolute Gasteiger partial charge is 0.489 e. The molecule has 0 aromatic heterocycles.